The van der Waals surface area contributed by atoms with E-state index >= 15 is 0 Å². The fourth-order valence-electron chi connectivity index (χ4n) is 2.18. The molecule has 0 radical (unpaired) electrons. The van der Waals surface area contributed by atoms with Crippen LogP contribution in [0.5, 0.6) is 0 Å². The molecule has 1 aliphatic heterocycles. The average molecular weight is 441 g/mol. The van der Waals surface area contributed by atoms with Crippen LogP contribution in [0.2, 0.25) is 0 Å². The van der Waals surface area contributed by atoms with Gasteiger partial charge in [-0.15, -0.1) is 24.0 Å². The summed E-state index contributed by atoms with van der Waals surface area (Å²) in [6.07, 6.45) is 0.600. The minimum atomic E-state index is -2.91. The first-order valence-electron chi connectivity index (χ1n) is 6.98. The van der Waals surface area contributed by atoms with Crippen molar-refractivity contribution >= 4 is 39.8 Å². The first-order valence-corrected chi connectivity index (χ1v) is 8.80. The van der Waals surface area contributed by atoms with E-state index < -0.39 is 9.84 Å². The highest BCUT2D eigenvalue weighted by Crippen LogP contribution is 2.11. The van der Waals surface area contributed by atoms with Crippen molar-refractivity contribution < 1.29 is 12.8 Å². The number of nitrogens with one attached hydrogen (secondary N) is 2. The molecule has 124 valence electrons. The highest BCUT2D eigenvalue weighted by Gasteiger charge is 2.28. The van der Waals surface area contributed by atoms with Crippen LogP contribution in [-0.2, 0) is 16.4 Å². The lowest BCUT2D eigenvalue weighted by molar-refractivity contribution is 0.599. The van der Waals surface area contributed by atoms with E-state index in [0.717, 1.165) is 5.56 Å². The van der Waals surface area contributed by atoms with Crippen LogP contribution in [0.4, 0.5) is 4.39 Å². The normalized spacial score (nSPS) is 20.3. The molecule has 0 amide bonds. The molecule has 0 aromatic heterocycles. The summed E-state index contributed by atoms with van der Waals surface area (Å²) in [4.78, 5) is 4.40. The van der Waals surface area contributed by atoms with Gasteiger partial charge in [-0.05, 0) is 31.0 Å². The lowest BCUT2D eigenvalue weighted by Crippen LogP contribution is -2.44. The van der Waals surface area contributed by atoms with Crippen LogP contribution in [-0.4, -0.2) is 38.5 Å². The Morgan fingerprint density at radius 3 is 2.59 bits per heavy atom. The maximum atomic E-state index is 12.8. The molecule has 1 heterocycles. The van der Waals surface area contributed by atoms with E-state index in [1.807, 2.05) is 6.92 Å². The van der Waals surface area contributed by atoms with Gasteiger partial charge in [-0.3, -0.25) is 0 Å². The van der Waals surface area contributed by atoms with Gasteiger partial charge in [0.25, 0.3) is 0 Å². The zero-order chi connectivity index (χ0) is 15.3. The molecule has 1 aromatic rings. The van der Waals surface area contributed by atoms with Crippen molar-refractivity contribution in [3.05, 3.63) is 35.6 Å². The quantitative estimate of drug-likeness (QED) is 0.424. The van der Waals surface area contributed by atoms with Crippen molar-refractivity contribution in [3.8, 4) is 0 Å². The molecule has 0 spiro atoms. The van der Waals surface area contributed by atoms with Crippen molar-refractivity contribution in [3.63, 3.8) is 0 Å². The van der Waals surface area contributed by atoms with Crippen LogP contribution in [0.3, 0.4) is 0 Å². The van der Waals surface area contributed by atoms with Gasteiger partial charge in [0, 0.05) is 12.6 Å². The molecule has 1 aliphatic rings. The number of halogens is 2. The molecule has 2 N–H and O–H groups in total. The molecule has 0 bridgehead atoms. The Morgan fingerprint density at radius 2 is 2.05 bits per heavy atom. The summed E-state index contributed by atoms with van der Waals surface area (Å²) in [5, 5.41) is 6.23. The highest BCUT2D eigenvalue weighted by atomic mass is 127. The minimum Gasteiger partial charge on any atom is -0.357 e. The van der Waals surface area contributed by atoms with Crippen molar-refractivity contribution in [2.45, 2.75) is 25.9 Å². The molecule has 1 atom stereocenters. The van der Waals surface area contributed by atoms with Gasteiger partial charge >= 0.3 is 0 Å². The lowest BCUT2D eigenvalue weighted by Gasteiger charge is -2.15. The Hall–Kier alpha value is -0.900. The molecule has 1 fully saturated rings. The SMILES string of the molecule is CCNC(=NCc1ccc(F)cc1)NC1CCS(=O)(=O)C1.I. The van der Waals surface area contributed by atoms with E-state index in [2.05, 4.69) is 15.6 Å². The maximum absolute atomic E-state index is 12.8. The van der Waals surface area contributed by atoms with E-state index in [9.17, 15) is 12.8 Å². The molecular formula is C14H21FIN3O2S. The van der Waals surface area contributed by atoms with Crippen LogP contribution in [0.15, 0.2) is 29.3 Å². The Morgan fingerprint density at radius 1 is 1.36 bits per heavy atom. The number of hydrogen-bond donors (Lipinski definition) is 2. The van der Waals surface area contributed by atoms with Gasteiger partial charge in [-0.25, -0.2) is 17.8 Å². The molecule has 0 aliphatic carbocycles. The first kappa shape index (κ1) is 19.1. The van der Waals surface area contributed by atoms with E-state index in [-0.39, 0.29) is 47.3 Å². The predicted octanol–water partition coefficient (Wildman–Crippen LogP) is 1.69. The van der Waals surface area contributed by atoms with Gasteiger partial charge < -0.3 is 10.6 Å². The number of hydrogen-bond acceptors (Lipinski definition) is 3. The number of nitrogens with zero attached hydrogens (tertiary/aromatic N) is 1. The number of aliphatic imine (C=N–C) groups is 1. The standard InChI is InChI=1S/C14H20FN3O2S.HI/c1-2-16-14(18-13-7-8-21(19,20)10-13)17-9-11-3-5-12(15)6-4-11;/h3-6,13H,2,7-10H2,1H3,(H2,16,17,18);1H. The molecule has 22 heavy (non-hydrogen) atoms. The third-order valence-corrected chi connectivity index (χ3v) is 5.02. The largest absolute Gasteiger partial charge is 0.357 e. The molecule has 1 aromatic carbocycles. The van der Waals surface area contributed by atoms with Crippen molar-refractivity contribution in [2.24, 2.45) is 4.99 Å². The third kappa shape index (κ3) is 6.07. The smallest absolute Gasteiger partial charge is 0.191 e. The maximum Gasteiger partial charge on any atom is 0.191 e. The van der Waals surface area contributed by atoms with Gasteiger partial charge in [0.1, 0.15) is 5.82 Å². The molecule has 2 rings (SSSR count). The molecule has 8 heteroatoms. The number of rotatable bonds is 4. The summed E-state index contributed by atoms with van der Waals surface area (Å²) in [5.41, 5.74) is 0.896. The molecule has 1 saturated heterocycles. The lowest BCUT2D eigenvalue weighted by atomic mass is 10.2. The van der Waals surface area contributed by atoms with Crippen LogP contribution < -0.4 is 10.6 Å². The van der Waals surface area contributed by atoms with E-state index in [1.165, 1.54) is 12.1 Å². The fraction of sp³-hybridized carbons (Fsp3) is 0.500. The Bertz CT molecular complexity index is 605. The highest BCUT2D eigenvalue weighted by molar-refractivity contribution is 14.0. The van der Waals surface area contributed by atoms with E-state index in [4.69, 9.17) is 0 Å². The molecule has 1 unspecified atom stereocenters. The van der Waals surface area contributed by atoms with Gasteiger partial charge in [-0.2, -0.15) is 0 Å². The second-order valence-electron chi connectivity index (χ2n) is 5.07. The number of guanidine groups is 1. The van der Waals surface area contributed by atoms with Gasteiger partial charge in [-0.1, -0.05) is 12.1 Å². The summed E-state index contributed by atoms with van der Waals surface area (Å²) in [5.74, 6) is 0.684. The summed E-state index contributed by atoms with van der Waals surface area (Å²) in [6.45, 7) is 3.05. The Balaban J connectivity index is 0.00000242. The van der Waals surface area contributed by atoms with Gasteiger partial charge in [0.15, 0.2) is 15.8 Å². The Kier molecular flexibility index (Phi) is 7.54. The molecule has 0 saturated carbocycles. The van der Waals surface area contributed by atoms with Crippen molar-refractivity contribution in [1.82, 2.24) is 10.6 Å². The predicted molar refractivity (Wildman–Crippen MR) is 96.8 cm³/mol. The summed E-state index contributed by atoms with van der Waals surface area (Å²) in [7, 11) is -2.91. The monoisotopic (exact) mass is 441 g/mol. The zero-order valence-corrected chi connectivity index (χ0v) is 15.5. The molecule has 5 nitrogen and oxygen atoms in total. The van der Waals surface area contributed by atoms with Gasteiger partial charge in [0.2, 0.25) is 0 Å². The topological polar surface area (TPSA) is 70.6 Å². The second-order valence-corrected chi connectivity index (χ2v) is 7.29. The zero-order valence-electron chi connectivity index (χ0n) is 12.4. The van der Waals surface area contributed by atoms with Crippen LogP contribution >= 0.6 is 24.0 Å². The minimum absolute atomic E-state index is 0. The van der Waals surface area contributed by atoms with Crippen LogP contribution in [0.25, 0.3) is 0 Å². The fourth-order valence-corrected chi connectivity index (χ4v) is 3.86. The van der Waals surface area contributed by atoms with Crippen molar-refractivity contribution in [1.29, 1.82) is 0 Å². The van der Waals surface area contributed by atoms with E-state index in [0.29, 0.717) is 25.5 Å². The third-order valence-electron chi connectivity index (χ3n) is 3.25. The van der Waals surface area contributed by atoms with Gasteiger partial charge in [0.05, 0.1) is 18.1 Å². The van der Waals surface area contributed by atoms with Crippen LogP contribution in [0, 0.1) is 5.82 Å². The second kappa shape index (κ2) is 8.66. The van der Waals surface area contributed by atoms with Crippen LogP contribution in [0.1, 0.15) is 18.9 Å². The first-order chi connectivity index (χ1) is 9.98. The average Bonchev–Trinajstić information content (AvgIpc) is 2.77. The summed E-state index contributed by atoms with van der Waals surface area (Å²) < 4.78 is 35.7. The number of sulfone groups is 1. The number of benzene rings is 1. The van der Waals surface area contributed by atoms with E-state index in [1.54, 1.807) is 12.1 Å². The molecular weight excluding hydrogens is 420 g/mol. The summed E-state index contributed by atoms with van der Waals surface area (Å²) in [6, 6.07) is 6.06. The van der Waals surface area contributed by atoms with Crippen molar-refractivity contribution in [2.75, 3.05) is 18.1 Å². The Labute approximate surface area is 147 Å². The summed E-state index contributed by atoms with van der Waals surface area (Å²) >= 11 is 0.